The number of rotatable bonds is 7. The number of hydrogen-bond acceptors (Lipinski definition) is 5. The normalized spacial score (nSPS) is 13.1. The zero-order valence-electron chi connectivity index (χ0n) is 21.3. The van der Waals surface area contributed by atoms with Crippen LogP contribution in [0.2, 0.25) is 5.02 Å². The predicted molar refractivity (Wildman–Crippen MR) is 156 cm³/mol. The van der Waals surface area contributed by atoms with E-state index in [1.807, 2.05) is 31.2 Å². The largest absolute Gasteiger partial charge is 0.325 e. The molecule has 4 aromatic rings. The zero-order valence-corrected chi connectivity index (χ0v) is 23.7. The van der Waals surface area contributed by atoms with Crippen molar-refractivity contribution in [3.63, 3.8) is 0 Å². The molecule has 192 valence electrons. The van der Waals surface area contributed by atoms with Crippen LogP contribution in [0.4, 0.5) is 5.69 Å². The molecule has 0 bridgehead atoms. The first-order valence-electron chi connectivity index (χ1n) is 12.8. The maximum atomic E-state index is 14.0. The van der Waals surface area contributed by atoms with E-state index in [0.29, 0.717) is 15.9 Å². The van der Waals surface area contributed by atoms with Gasteiger partial charge in [0.2, 0.25) is 5.91 Å². The van der Waals surface area contributed by atoms with Crippen LogP contribution in [0.15, 0.2) is 46.3 Å². The summed E-state index contributed by atoms with van der Waals surface area (Å²) in [7, 11) is 0. The predicted octanol–water partition coefficient (Wildman–Crippen LogP) is 7.14. The van der Waals surface area contributed by atoms with Crippen molar-refractivity contribution in [2.45, 2.75) is 64.5 Å². The Balaban J connectivity index is 1.55. The van der Waals surface area contributed by atoms with Gasteiger partial charge in [0, 0.05) is 15.6 Å². The molecule has 0 unspecified atom stereocenters. The smallest absolute Gasteiger partial charge is 0.267 e. The molecule has 5 rings (SSSR count). The summed E-state index contributed by atoms with van der Waals surface area (Å²) in [6, 6.07) is 11.7. The lowest BCUT2D eigenvalue weighted by molar-refractivity contribution is -0.113. The van der Waals surface area contributed by atoms with Gasteiger partial charge in [-0.1, -0.05) is 61.5 Å². The van der Waals surface area contributed by atoms with Crippen molar-refractivity contribution < 1.29 is 4.79 Å². The van der Waals surface area contributed by atoms with E-state index in [1.165, 1.54) is 16.6 Å². The molecule has 1 aliphatic rings. The maximum absolute atomic E-state index is 14.0. The van der Waals surface area contributed by atoms with Gasteiger partial charge in [-0.2, -0.15) is 0 Å². The van der Waals surface area contributed by atoms with E-state index < -0.39 is 0 Å². The minimum Gasteiger partial charge on any atom is -0.325 e. The fourth-order valence-corrected chi connectivity index (χ4v) is 7.32. The van der Waals surface area contributed by atoms with Gasteiger partial charge < -0.3 is 5.32 Å². The van der Waals surface area contributed by atoms with Gasteiger partial charge in [-0.05, 0) is 79.8 Å². The van der Waals surface area contributed by atoms with E-state index in [4.69, 9.17) is 16.6 Å². The molecule has 8 heteroatoms. The number of nitrogens with one attached hydrogen (secondary N) is 1. The third-order valence-corrected chi connectivity index (χ3v) is 9.57. The lowest BCUT2D eigenvalue weighted by atomic mass is 9.97. The number of aromatic nitrogens is 2. The van der Waals surface area contributed by atoms with E-state index in [1.54, 1.807) is 15.9 Å². The van der Waals surface area contributed by atoms with Crippen LogP contribution in [-0.2, 0) is 30.5 Å². The number of thioether (sulfide) groups is 1. The number of amides is 1. The molecular weight excluding hydrogens is 522 g/mol. The second kappa shape index (κ2) is 11.0. The Morgan fingerprint density at radius 3 is 2.54 bits per heavy atom. The van der Waals surface area contributed by atoms with E-state index in [9.17, 15) is 9.59 Å². The number of halogens is 1. The molecule has 1 N–H and O–H groups in total. The van der Waals surface area contributed by atoms with Gasteiger partial charge in [0.05, 0.1) is 16.8 Å². The third kappa shape index (κ3) is 4.97. The van der Waals surface area contributed by atoms with Crippen LogP contribution in [0.1, 0.15) is 53.8 Å². The van der Waals surface area contributed by atoms with E-state index in [2.05, 4.69) is 31.3 Å². The molecule has 1 aliphatic carbocycles. The Labute approximate surface area is 230 Å². The van der Waals surface area contributed by atoms with Crippen LogP contribution in [0.25, 0.3) is 15.9 Å². The molecular formula is C29H30ClN3O2S2. The number of carbonyl (C=O) groups is 1. The number of thiophene rings is 1. The summed E-state index contributed by atoms with van der Waals surface area (Å²) in [4.78, 5) is 34.1. The lowest BCUT2D eigenvalue weighted by Crippen LogP contribution is -2.24. The summed E-state index contributed by atoms with van der Waals surface area (Å²) >= 11 is 9.36. The van der Waals surface area contributed by atoms with Crippen molar-refractivity contribution >= 4 is 56.5 Å². The van der Waals surface area contributed by atoms with Crippen LogP contribution in [0.3, 0.4) is 0 Å². The number of hydrogen-bond donors (Lipinski definition) is 1. The molecule has 1 amide bonds. The van der Waals surface area contributed by atoms with Crippen molar-refractivity contribution in [3.05, 3.63) is 78.9 Å². The second-order valence-electron chi connectivity index (χ2n) is 9.31. The van der Waals surface area contributed by atoms with Gasteiger partial charge in [0.1, 0.15) is 4.83 Å². The minimum absolute atomic E-state index is 0.0812. The highest BCUT2D eigenvalue weighted by atomic mass is 35.5. The standard InChI is InChI=1S/C29H30ClN3O2S2/c1-4-18-10-8-11-19(5-2)26(18)31-24(34)16-36-29-32-27-25(20-12-6-7-15-23(20)37-27)28(35)33(29)22-14-9-13-21(30)17(22)3/h8-11,13-14H,4-7,12,15-16H2,1-3H3,(H,31,34). The molecule has 0 saturated carbocycles. The Bertz CT molecular complexity index is 1540. The Kier molecular flexibility index (Phi) is 7.75. The van der Waals surface area contributed by atoms with Gasteiger partial charge in [0.15, 0.2) is 5.16 Å². The average Bonchev–Trinajstić information content (AvgIpc) is 3.28. The first-order valence-corrected chi connectivity index (χ1v) is 15.0. The molecule has 0 radical (unpaired) electrons. The van der Waals surface area contributed by atoms with Crippen molar-refractivity contribution in [1.82, 2.24) is 9.55 Å². The highest BCUT2D eigenvalue weighted by molar-refractivity contribution is 7.99. The molecule has 37 heavy (non-hydrogen) atoms. The monoisotopic (exact) mass is 551 g/mol. The van der Waals surface area contributed by atoms with Gasteiger partial charge in [-0.3, -0.25) is 14.2 Å². The average molecular weight is 552 g/mol. The number of carbonyl (C=O) groups excluding carboxylic acids is 1. The van der Waals surface area contributed by atoms with Crippen molar-refractivity contribution in [2.24, 2.45) is 0 Å². The quantitative estimate of drug-likeness (QED) is 0.196. The minimum atomic E-state index is -0.116. The number of anilines is 1. The van der Waals surface area contributed by atoms with Crippen molar-refractivity contribution in [1.29, 1.82) is 0 Å². The first-order chi connectivity index (χ1) is 17.9. The Morgan fingerprint density at radius 2 is 1.81 bits per heavy atom. The number of para-hydroxylation sites is 1. The van der Waals surface area contributed by atoms with E-state index in [0.717, 1.165) is 76.7 Å². The van der Waals surface area contributed by atoms with E-state index in [-0.39, 0.29) is 17.2 Å². The molecule has 0 spiro atoms. The SMILES string of the molecule is CCc1cccc(CC)c1NC(=O)CSc1nc2sc3c(c2c(=O)n1-c1cccc(Cl)c1C)CCCC3. The second-order valence-corrected chi connectivity index (χ2v) is 11.7. The van der Waals surface area contributed by atoms with Gasteiger partial charge >= 0.3 is 0 Å². The van der Waals surface area contributed by atoms with Crippen LogP contribution in [0, 0.1) is 6.92 Å². The van der Waals surface area contributed by atoms with Crippen molar-refractivity contribution in [3.8, 4) is 5.69 Å². The topological polar surface area (TPSA) is 64.0 Å². The highest BCUT2D eigenvalue weighted by Crippen LogP contribution is 2.36. The number of nitrogens with zero attached hydrogens (tertiary/aromatic N) is 2. The van der Waals surface area contributed by atoms with Crippen LogP contribution < -0.4 is 10.9 Å². The number of aryl methyl sites for hydroxylation is 4. The fraction of sp³-hybridized carbons (Fsp3) is 0.345. The van der Waals surface area contributed by atoms with E-state index >= 15 is 0 Å². The zero-order chi connectivity index (χ0) is 26.1. The highest BCUT2D eigenvalue weighted by Gasteiger charge is 2.24. The van der Waals surface area contributed by atoms with Gasteiger partial charge in [0.25, 0.3) is 5.56 Å². The lowest BCUT2D eigenvalue weighted by Gasteiger charge is -2.17. The van der Waals surface area contributed by atoms with Gasteiger partial charge in [-0.25, -0.2) is 4.98 Å². The molecule has 5 nitrogen and oxygen atoms in total. The summed E-state index contributed by atoms with van der Waals surface area (Å²) in [5.41, 5.74) is 5.72. The molecule has 2 aromatic heterocycles. The fourth-order valence-electron chi connectivity index (χ4n) is 5.04. The Morgan fingerprint density at radius 1 is 1.11 bits per heavy atom. The van der Waals surface area contributed by atoms with Crippen LogP contribution in [0.5, 0.6) is 0 Å². The molecule has 0 aliphatic heterocycles. The summed E-state index contributed by atoms with van der Waals surface area (Å²) in [6.07, 6.45) is 5.81. The molecule has 2 heterocycles. The summed E-state index contributed by atoms with van der Waals surface area (Å²) < 4.78 is 1.65. The molecule has 0 fully saturated rings. The van der Waals surface area contributed by atoms with Crippen LogP contribution in [-0.4, -0.2) is 21.2 Å². The first kappa shape index (κ1) is 26.0. The number of fused-ring (bicyclic) bond motifs is 3. The number of benzene rings is 2. The summed E-state index contributed by atoms with van der Waals surface area (Å²) in [5, 5.41) is 4.95. The Hall–Kier alpha value is -2.61. The summed E-state index contributed by atoms with van der Waals surface area (Å²) in [5.74, 6) is 0.0268. The molecule has 2 aromatic carbocycles. The molecule has 0 atom stereocenters. The van der Waals surface area contributed by atoms with Gasteiger partial charge in [-0.15, -0.1) is 11.3 Å². The summed E-state index contributed by atoms with van der Waals surface area (Å²) in [6.45, 7) is 6.09. The molecule has 0 saturated heterocycles. The van der Waals surface area contributed by atoms with Crippen LogP contribution >= 0.6 is 34.7 Å². The maximum Gasteiger partial charge on any atom is 0.267 e. The third-order valence-electron chi connectivity index (χ3n) is 7.03. The van der Waals surface area contributed by atoms with Crippen molar-refractivity contribution in [2.75, 3.05) is 11.1 Å².